The quantitative estimate of drug-likeness (QED) is 0.330. The van der Waals surface area contributed by atoms with Gasteiger partial charge in [-0.15, -0.1) is 10.2 Å². The van der Waals surface area contributed by atoms with Crippen molar-refractivity contribution in [1.29, 1.82) is 0 Å². The highest BCUT2D eigenvalue weighted by Crippen LogP contribution is 2.28. The van der Waals surface area contributed by atoms with Crippen molar-refractivity contribution in [2.24, 2.45) is 0 Å². The number of nitrogens with one attached hydrogen (secondary N) is 1. The predicted octanol–water partition coefficient (Wildman–Crippen LogP) is 5.39. The molecule has 3 aromatic carbocycles. The molecule has 0 aliphatic rings. The minimum Gasteiger partial charge on any atom is -0.325 e. The first-order chi connectivity index (χ1) is 17.3. The van der Waals surface area contributed by atoms with Gasteiger partial charge >= 0.3 is 0 Å². The standard InChI is InChI=1S/C28H27N5O2S/c1-16-10-9-15-22(19(16)4)32-26(35)21-13-6-7-14-23(21)33-27(32)30-31-28(33)36-20(5)25(34)29-24-17(2)11-8-12-18(24)3/h6-15,20H,1-5H3,(H,29,34). The van der Waals surface area contributed by atoms with E-state index < -0.39 is 5.25 Å². The van der Waals surface area contributed by atoms with E-state index in [1.807, 2.05) is 99.7 Å². The molecule has 5 rings (SSSR count). The molecule has 2 aromatic heterocycles. The Morgan fingerprint density at radius 2 is 1.56 bits per heavy atom. The van der Waals surface area contributed by atoms with Crippen LogP contribution in [-0.4, -0.2) is 30.3 Å². The highest BCUT2D eigenvalue weighted by molar-refractivity contribution is 8.00. The molecule has 1 amide bonds. The molecule has 36 heavy (non-hydrogen) atoms. The van der Waals surface area contributed by atoms with E-state index in [4.69, 9.17) is 0 Å². The van der Waals surface area contributed by atoms with E-state index in [1.54, 1.807) is 4.57 Å². The van der Waals surface area contributed by atoms with Gasteiger partial charge in [0.05, 0.1) is 21.8 Å². The summed E-state index contributed by atoms with van der Waals surface area (Å²) in [6, 6.07) is 19.2. The molecule has 0 radical (unpaired) electrons. The van der Waals surface area contributed by atoms with Crippen LogP contribution in [0.1, 0.15) is 29.2 Å². The number of hydrogen-bond donors (Lipinski definition) is 1. The molecular formula is C28H27N5O2S. The van der Waals surface area contributed by atoms with Gasteiger partial charge in [0.25, 0.3) is 5.56 Å². The summed E-state index contributed by atoms with van der Waals surface area (Å²) in [5.74, 6) is 0.290. The van der Waals surface area contributed by atoms with Crippen molar-refractivity contribution < 1.29 is 4.79 Å². The number of rotatable bonds is 5. The van der Waals surface area contributed by atoms with Crippen molar-refractivity contribution in [2.75, 3.05) is 5.32 Å². The molecule has 8 heteroatoms. The smallest absolute Gasteiger partial charge is 0.267 e. The van der Waals surface area contributed by atoms with E-state index in [1.165, 1.54) is 11.8 Å². The first kappa shape index (κ1) is 23.8. The van der Waals surface area contributed by atoms with Crippen LogP contribution in [0.4, 0.5) is 5.69 Å². The van der Waals surface area contributed by atoms with Crippen LogP contribution in [0.2, 0.25) is 0 Å². The third-order valence-corrected chi connectivity index (χ3v) is 7.64. The monoisotopic (exact) mass is 497 g/mol. The van der Waals surface area contributed by atoms with Gasteiger partial charge in [0.15, 0.2) is 5.16 Å². The second-order valence-corrected chi connectivity index (χ2v) is 10.3. The Labute approximate surface area is 213 Å². The normalized spacial score (nSPS) is 12.2. The molecular weight excluding hydrogens is 470 g/mol. The van der Waals surface area contributed by atoms with Gasteiger partial charge in [-0.3, -0.25) is 14.0 Å². The van der Waals surface area contributed by atoms with Gasteiger partial charge in [-0.1, -0.05) is 54.2 Å². The number of amides is 1. The third kappa shape index (κ3) is 3.97. The Morgan fingerprint density at radius 3 is 2.31 bits per heavy atom. The largest absolute Gasteiger partial charge is 0.325 e. The first-order valence-electron chi connectivity index (χ1n) is 11.8. The number of benzene rings is 3. The lowest BCUT2D eigenvalue weighted by Crippen LogP contribution is -2.24. The average molecular weight is 498 g/mol. The summed E-state index contributed by atoms with van der Waals surface area (Å²) in [6.45, 7) is 9.81. The second kappa shape index (κ2) is 9.28. The molecule has 182 valence electrons. The molecule has 0 saturated carbocycles. The lowest BCUT2D eigenvalue weighted by molar-refractivity contribution is -0.115. The Morgan fingerprint density at radius 1 is 0.889 bits per heavy atom. The van der Waals surface area contributed by atoms with Gasteiger partial charge in [-0.2, -0.15) is 0 Å². The molecule has 2 heterocycles. The number of anilines is 1. The summed E-state index contributed by atoms with van der Waals surface area (Å²) in [7, 11) is 0. The van der Waals surface area contributed by atoms with E-state index in [0.29, 0.717) is 21.8 Å². The summed E-state index contributed by atoms with van der Waals surface area (Å²) in [5, 5.41) is 12.6. The van der Waals surface area contributed by atoms with E-state index in [9.17, 15) is 9.59 Å². The van der Waals surface area contributed by atoms with Gasteiger partial charge in [0.2, 0.25) is 11.7 Å². The highest BCUT2D eigenvalue weighted by Gasteiger charge is 2.23. The van der Waals surface area contributed by atoms with Crippen LogP contribution in [0.3, 0.4) is 0 Å². The van der Waals surface area contributed by atoms with Crippen LogP contribution in [0.25, 0.3) is 22.4 Å². The number of aryl methyl sites for hydroxylation is 3. The molecule has 7 nitrogen and oxygen atoms in total. The number of nitrogens with zero attached hydrogens (tertiary/aromatic N) is 4. The average Bonchev–Trinajstić information content (AvgIpc) is 3.27. The van der Waals surface area contributed by atoms with E-state index in [-0.39, 0.29) is 11.5 Å². The number of para-hydroxylation sites is 2. The molecule has 0 aliphatic carbocycles. The number of fused-ring (bicyclic) bond motifs is 3. The van der Waals surface area contributed by atoms with Crippen molar-refractivity contribution in [3.05, 3.63) is 93.3 Å². The number of thioether (sulfide) groups is 1. The molecule has 0 bridgehead atoms. The zero-order chi connectivity index (χ0) is 25.6. The summed E-state index contributed by atoms with van der Waals surface area (Å²) >= 11 is 1.31. The van der Waals surface area contributed by atoms with Gasteiger partial charge in [0.1, 0.15) is 0 Å². The Hall–Kier alpha value is -3.91. The van der Waals surface area contributed by atoms with Crippen molar-refractivity contribution in [3.8, 4) is 5.69 Å². The molecule has 1 N–H and O–H groups in total. The van der Waals surface area contributed by atoms with Crippen LogP contribution in [0.5, 0.6) is 0 Å². The van der Waals surface area contributed by atoms with Gasteiger partial charge in [0, 0.05) is 5.69 Å². The molecule has 0 fully saturated rings. The zero-order valence-corrected chi connectivity index (χ0v) is 21.7. The van der Waals surface area contributed by atoms with Crippen molar-refractivity contribution >= 4 is 40.0 Å². The summed E-state index contributed by atoms with van der Waals surface area (Å²) in [5.41, 5.74) is 6.24. The maximum atomic E-state index is 13.6. The fraction of sp³-hybridized carbons (Fsp3) is 0.214. The topological polar surface area (TPSA) is 81.3 Å². The predicted molar refractivity (Wildman–Crippen MR) is 145 cm³/mol. The van der Waals surface area contributed by atoms with Gasteiger partial charge in [-0.25, -0.2) is 4.57 Å². The number of carbonyl (C=O) groups excluding carboxylic acids is 1. The number of carbonyl (C=O) groups is 1. The van der Waals surface area contributed by atoms with Gasteiger partial charge in [-0.05, 0) is 75.1 Å². The maximum absolute atomic E-state index is 13.6. The zero-order valence-electron chi connectivity index (χ0n) is 20.9. The first-order valence-corrected chi connectivity index (χ1v) is 12.6. The molecule has 0 aliphatic heterocycles. The van der Waals surface area contributed by atoms with Crippen molar-refractivity contribution in [2.45, 2.75) is 45.0 Å². The fourth-order valence-electron chi connectivity index (χ4n) is 4.40. The summed E-state index contributed by atoms with van der Waals surface area (Å²) in [4.78, 5) is 26.7. The Kier molecular flexibility index (Phi) is 6.14. The van der Waals surface area contributed by atoms with Crippen LogP contribution in [-0.2, 0) is 4.79 Å². The number of aromatic nitrogens is 4. The third-order valence-electron chi connectivity index (χ3n) is 6.59. The van der Waals surface area contributed by atoms with Crippen LogP contribution in [0.15, 0.2) is 70.6 Å². The Bertz CT molecular complexity index is 1680. The van der Waals surface area contributed by atoms with E-state index in [2.05, 4.69) is 15.5 Å². The lowest BCUT2D eigenvalue weighted by Gasteiger charge is -2.16. The highest BCUT2D eigenvalue weighted by atomic mass is 32.2. The van der Waals surface area contributed by atoms with E-state index >= 15 is 0 Å². The SMILES string of the molecule is Cc1cccc(-n2c(=O)c3ccccc3n3c(SC(C)C(=O)Nc4c(C)cccc4C)nnc23)c1C. The molecule has 5 aromatic rings. The maximum Gasteiger partial charge on any atom is 0.267 e. The Balaban J connectivity index is 1.62. The number of hydrogen-bond acceptors (Lipinski definition) is 5. The van der Waals surface area contributed by atoms with Crippen LogP contribution < -0.4 is 10.9 Å². The minimum absolute atomic E-state index is 0.124. The molecule has 1 atom stereocenters. The minimum atomic E-state index is -0.448. The summed E-state index contributed by atoms with van der Waals surface area (Å²) < 4.78 is 3.48. The van der Waals surface area contributed by atoms with Crippen LogP contribution in [0, 0.1) is 27.7 Å². The second-order valence-electron chi connectivity index (χ2n) is 9.01. The van der Waals surface area contributed by atoms with Crippen molar-refractivity contribution in [1.82, 2.24) is 19.2 Å². The van der Waals surface area contributed by atoms with E-state index in [0.717, 1.165) is 33.6 Å². The van der Waals surface area contributed by atoms with Gasteiger partial charge < -0.3 is 5.32 Å². The summed E-state index contributed by atoms with van der Waals surface area (Å²) in [6.07, 6.45) is 0. The van der Waals surface area contributed by atoms with Crippen molar-refractivity contribution in [3.63, 3.8) is 0 Å². The molecule has 1 unspecified atom stereocenters. The molecule has 0 saturated heterocycles. The lowest BCUT2D eigenvalue weighted by atomic mass is 10.1. The molecule has 0 spiro atoms. The fourth-order valence-corrected chi connectivity index (χ4v) is 5.25. The van der Waals surface area contributed by atoms with Crippen LogP contribution >= 0.6 is 11.8 Å².